The first-order valence-corrected chi connectivity index (χ1v) is 3.53. The van der Waals surface area contributed by atoms with Crippen LogP contribution in [-0.2, 0) is 4.79 Å². The highest BCUT2D eigenvalue weighted by molar-refractivity contribution is 5.93. The molecule has 2 N–H and O–H groups in total. The molecule has 1 aromatic rings. The van der Waals surface area contributed by atoms with Gasteiger partial charge < -0.3 is 0 Å². The number of carbonyl (C=O) groups excluding carboxylic acids is 2. The molecule has 0 fully saturated rings. The fourth-order valence-electron chi connectivity index (χ4n) is 0.625. The number of hydrogen-bond acceptors (Lipinski definition) is 4. The van der Waals surface area contributed by atoms with Crippen LogP contribution in [0.4, 0.5) is 0 Å². The normalized spacial score (nSPS) is 9.00. The number of hydrogen-bond donors (Lipinski definition) is 2. The highest BCUT2D eigenvalue weighted by atomic mass is 16.2. The molecule has 0 saturated carbocycles. The van der Waals surface area contributed by atoms with E-state index in [4.69, 9.17) is 0 Å². The second-order valence-electron chi connectivity index (χ2n) is 2.23. The van der Waals surface area contributed by atoms with Crippen LogP contribution in [0, 0.1) is 0 Å². The molecular weight excluding hydrogens is 172 g/mol. The molecule has 1 rings (SSSR count). The molecule has 68 valence electrons. The Morgan fingerprint density at radius 2 is 2.08 bits per heavy atom. The van der Waals surface area contributed by atoms with E-state index in [2.05, 4.69) is 20.8 Å². The highest BCUT2D eigenvalue weighted by Crippen LogP contribution is 1.87. The molecule has 0 radical (unpaired) electrons. The van der Waals surface area contributed by atoms with Crippen LogP contribution in [0.15, 0.2) is 18.6 Å². The summed E-state index contributed by atoms with van der Waals surface area (Å²) in [6.45, 7) is 1.29. The maximum Gasteiger partial charge on any atom is 0.289 e. The van der Waals surface area contributed by atoms with Crippen LogP contribution >= 0.6 is 0 Å². The molecule has 2 amide bonds. The predicted molar refractivity (Wildman–Crippen MR) is 43.3 cm³/mol. The van der Waals surface area contributed by atoms with Gasteiger partial charge in [0.25, 0.3) is 5.91 Å². The van der Waals surface area contributed by atoms with Gasteiger partial charge in [0.2, 0.25) is 5.91 Å². The Balaban J connectivity index is 2.54. The molecule has 13 heavy (non-hydrogen) atoms. The lowest BCUT2D eigenvalue weighted by atomic mass is 10.4. The van der Waals surface area contributed by atoms with Crippen molar-refractivity contribution in [1.82, 2.24) is 20.8 Å². The summed E-state index contributed by atoms with van der Waals surface area (Å²) in [5, 5.41) is 0. The molecule has 0 aliphatic heterocycles. The van der Waals surface area contributed by atoms with Crippen LogP contribution < -0.4 is 10.9 Å². The van der Waals surface area contributed by atoms with Crippen molar-refractivity contribution in [3.8, 4) is 0 Å². The van der Waals surface area contributed by atoms with Gasteiger partial charge in [-0.25, -0.2) is 4.98 Å². The number of hydrazine groups is 1. The number of rotatable bonds is 1. The Hall–Kier alpha value is -1.98. The van der Waals surface area contributed by atoms with E-state index in [1.807, 2.05) is 0 Å². The summed E-state index contributed by atoms with van der Waals surface area (Å²) in [4.78, 5) is 29.0. The van der Waals surface area contributed by atoms with Crippen LogP contribution in [-0.4, -0.2) is 21.8 Å². The van der Waals surface area contributed by atoms with Gasteiger partial charge in [-0.3, -0.25) is 25.4 Å². The first-order valence-electron chi connectivity index (χ1n) is 3.53. The topological polar surface area (TPSA) is 84.0 Å². The van der Waals surface area contributed by atoms with Crippen molar-refractivity contribution in [2.75, 3.05) is 0 Å². The summed E-state index contributed by atoms with van der Waals surface area (Å²) in [6.07, 6.45) is 4.15. The van der Waals surface area contributed by atoms with E-state index >= 15 is 0 Å². The molecule has 6 nitrogen and oxygen atoms in total. The molecule has 0 aliphatic carbocycles. The largest absolute Gasteiger partial charge is 0.289 e. The van der Waals surface area contributed by atoms with Crippen LogP contribution in [0.25, 0.3) is 0 Å². The minimum absolute atomic E-state index is 0.149. The predicted octanol–water partition coefficient (Wildman–Crippen LogP) is -0.743. The minimum atomic E-state index is -0.497. The van der Waals surface area contributed by atoms with Gasteiger partial charge in [-0.2, -0.15) is 0 Å². The Morgan fingerprint density at radius 3 is 2.62 bits per heavy atom. The maximum atomic E-state index is 11.1. The summed E-state index contributed by atoms with van der Waals surface area (Å²) in [5.74, 6) is -0.847. The third kappa shape index (κ3) is 2.86. The van der Waals surface area contributed by atoms with Crippen molar-refractivity contribution in [3.05, 3.63) is 24.3 Å². The van der Waals surface area contributed by atoms with E-state index in [1.54, 1.807) is 0 Å². The smallest absolute Gasteiger partial charge is 0.274 e. The van der Waals surface area contributed by atoms with Crippen molar-refractivity contribution < 1.29 is 9.59 Å². The SMILES string of the molecule is CC(=O)NNC(=O)c1cnccn1. The maximum absolute atomic E-state index is 11.1. The molecule has 0 bridgehead atoms. The lowest BCUT2D eigenvalue weighted by molar-refractivity contribution is -0.119. The van der Waals surface area contributed by atoms with Crippen LogP contribution in [0.3, 0.4) is 0 Å². The molecule has 0 saturated heterocycles. The Morgan fingerprint density at radius 1 is 1.31 bits per heavy atom. The van der Waals surface area contributed by atoms with Crippen molar-refractivity contribution in [1.29, 1.82) is 0 Å². The van der Waals surface area contributed by atoms with Gasteiger partial charge in [-0.05, 0) is 0 Å². The van der Waals surface area contributed by atoms with Crippen molar-refractivity contribution in [3.63, 3.8) is 0 Å². The lowest BCUT2D eigenvalue weighted by Crippen LogP contribution is -2.40. The number of nitrogens with zero attached hydrogens (tertiary/aromatic N) is 2. The first-order chi connectivity index (χ1) is 6.20. The van der Waals surface area contributed by atoms with Crippen molar-refractivity contribution in [2.24, 2.45) is 0 Å². The molecule has 0 aliphatic rings. The molecule has 6 heteroatoms. The molecule has 0 aromatic carbocycles. The zero-order chi connectivity index (χ0) is 9.68. The summed E-state index contributed by atoms with van der Waals surface area (Å²) < 4.78 is 0. The lowest BCUT2D eigenvalue weighted by Gasteiger charge is -2.02. The fraction of sp³-hybridized carbons (Fsp3) is 0.143. The average molecular weight is 180 g/mol. The van der Waals surface area contributed by atoms with Gasteiger partial charge in [0.15, 0.2) is 0 Å². The zero-order valence-corrected chi connectivity index (χ0v) is 6.94. The van der Waals surface area contributed by atoms with Crippen LogP contribution in [0.5, 0.6) is 0 Å². The second kappa shape index (κ2) is 4.15. The van der Waals surface area contributed by atoms with Gasteiger partial charge in [0.1, 0.15) is 5.69 Å². The van der Waals surface area contributed by atoms with Gasteiger partial charge in [0.05, 0.1) is 6.20 Å². The number of carbonyl (C=O) groups is 2. The second-order valence-corrected chi connectivity index (χ2v) is 2.23. The number of nitrogens with one attached hydrogen (secondary N) is 2. The summed E-state index contributed by atoms with van der Waals surface area (Å²) in [7, 11) is 0. The van der Waals surface area contributed by atoms with E-state index in [-0.39, 0.29) is 11.6 Å². The Bertz CT molecular complexity index is 312. The molecule has 0 atom stereocenters. The molecular formula is C7H8N4O2. The van der Waals surface area contributed by atoms with E-state index in [1.165, 1.54) is 25.5 Å². The quantitative estimate of drug-likeness (QED) is 0.557. The monoisotopic (exact) mass is 180 g/mol. The van der Waals surface area contributed by atoms with Crippen molar-refractivity contribution in [2.45, 2.75) is 6.92 Å². The molecule has 0 spiro atoms. The standard InChI is InChI=1S/C7H8N4O2/c1-5(12)10-11-7(13)6-4-8-2-3-9-6/h2-4H,1H3,(H,10,12)(H,11,13). The van der Waals surface area contributed by atoms with E-state index in [0.29, 0.717) is 0 Å². The highest BCUT2D eigenvalue weighted by Gasteiger charge is 2.05. The molecule has 1 heterocycles. The van der Waals surface area contributed by atoms with Crippen LogP contribution in [0.2, 0.25) is 0 Å². The summed E-state index contributed by atoms with van der Waals surface area (Å²) in [6, 6.07) is 0. The molecule has 0 unspecified atom stereocenters. The van der Waals surface area contributed by atoms with Crippen molar-refractivity contribution >= 4 is 11.8 Å². The van der Waals surface area contributed by atoms with E-state index in [9.17, 15) is 9.59 Å². The number of amides is 2. The third-order valence-corrected chi connectivity index (χ3v) is 1.15. The minimum Gasteiger partial charge on any atom is -0.274 e. The summed E-state index contributed by atoms with van der Waals surface area (Å²) in [5.41, 5.74) is 4.44. The first kappa shape index (κ1) is 9.11. The van der Waals surface area contributed by atoms with Gasteiger partial charge in [-0.15, -0.1) is 0 Å². The van der Waals surface area contributed by atoms with Gasteiger partial charge in [0, 0.05) is 19.3 Å². The van der Waals surface area contributed by atoms with E-state index in [0.717, 1.165) is 0 Å². The fourth-order valence-corrected chi connectivity index (χ4v) is 0.625. The zero-order valence-electron chi connectivity index (χ0n) is 6.94. The van der Waals surface area contributed by atoms with Crippen LogP contribution in [0.1, 0.15) is 17.4 Å². The van der Waals surface area contributed by atoms with E-state index < -0.39 is 5.91 Å². The van der Waals surface area contributed by atoms with Gasteiger partial charge >= 0.3 is 0 Å². The summed E-state index contributed by atoms with van der Waals surface area (Å²) >= 11 is 0. The van der Waals surface area contributed by atoms with Gasteiger partial charge in [-0.1, -0.05) is 0 Å². The molecule has 1 aromatic heterocycles. The number of aromatic nitrogens is 2. The third-order valence-electron chi connectivity index (χ3n) is 1.15. The Kier molecular flexibility index (Phi) is 2.91. The Labute approximate surface area is 74.4 Å². The average Bonchev–Trinajstić information content (AvgIpc) is 2.15.